The van der Waals surface area contributed by atoms with E-state index in [4.69, 9.17) is 25.8 Å². The Morgan fingerprint density at radius 1 is 1.17 bits per heavy atom. The first-order valence-corrected chi connectivity index (χ1v) is 10.3. The molecule has 1 saturated heterocycles. The predicted molar refractivity (Wildman–Crippen MR) is 108 cm³/mol. The lowest BCUT2D eigenvalue weighted by Crippen LogP contribution is -2.42. The Morgan fingerprint density at radius 3 is 2.55 bits per heavy atom. The number of carbonyl (C=O) groups is 3. The maximum atomic E-state index is 12.2. The second kappa shape index (κ2) is 11.7. The van der Waals surface area contributed by atoms with Gasteiger partial charge in [0.25, 0.3) is 5.91 Å². The van der Waals surface area contributed by atoms with Crippen molar-refractivity contribution in [3.8, 4) is 5.75 Å². The van der Waals surface area contributed by atoms with Crippen molar-refractivity contribution in [3.05, 3.63) is 28.8 Å². The summed E-state index contributed by atoms with van der Waals surface area (Å²) in [6.07, 6.45) is 1.80. The van der Waals surface area contributed by atoms with Crippen molar-refractivity contribution in [3.63, 3.8) is 0 Å². The highest BCUT2D eigenvalue weighted by atomic mass is 35.5. The van der Waals surface area contributed by atoms with E-state index < -0.39 is 5.97 Å². The van der Waals surface area contributed by atoms with Crippen molar-refractivity contribution in [2.45, 2.75) is 39.5 Å². The number of ether oxygens (including phenoxy) is 3. The van der Waals surface area contributed by atoms with Crippen LogP contribution in [0.25, 0.3) is 0 Å². The molecule has 2 rings (SSSR count). The first-order valence-electron chi connectivity index (χ1n) is 9.89. The lowest BCUT2D eigenvalue weighted by atomic mass is 9.97. The molecule has 8 heteroatoms. The average molecular weight is 426 g/mol. The van der Waals surface area contributed by atoms with Gasteiger partial charge in [0.1, 0.15) is 5.75 Å². The van der Waals surface area contributed by atoms with Gasteiger partial charge in [-0.3, -0.25) is 14.4 Å². The van der Waals surface area contributed by atoms with Crippen LogP contribution in [-0.4, -0.2) is 55.7 Å². The number of nitrogens with zero attached hydrogens (tertiary/aromatic N) is 1. The van der Waals surface area contributed by atoms with Crippen molar-refractivity contribution in [2.24, 2.45) is 5.92 Å². The number of amides is 1. The molecule has 29 heavy (non-hydrogen) atoms. The van der Waals surface area contributed by atoms with E-state index in [0.717, 1.165) is 11.3 Å². The Balaban J connectivity index is 1.60. The molecule has 0 aromatic heterocycles. The molecule has 7 nitrogen and oxygen atoms in total. The first-order chi connectivity index (χ1) is 13.9. The van der Waals surface area contributed by atoms with Crippen LogP contribution in [-0.2, 0) is 23.9 Å². The lowest BCUT2D eigenvalue weighted by molar-refractivity contribution is -0.154. The van der Waals surface area contributed by atoms with Gasteiger partial charge in [0.15, 0.2) is 6.61 Å². The summed E-state index contributed by atoms with van der Waals surface area (Å²) >= 11 is 5.90. The zero-order valence-corrected chi connectivity index (χ0v) is 17.7. The van der Waals surface area contributed by atoms with Crippen molar-refractivity contribution in [1.82, 2.24) is 4.90 Å². The predicted octanol–water partition coefficient (Wildman–Crippen LogP) is 3.15. The lowest BCUT2D eigenvalue weighted by Gasteiger charge is -2.30. The van der Waals surface area contributed by atoms with Crippen LogP contribution in [0.5, 0.6) is 5.75 Å². The van der Waals surface area contributed by atoms with Crippen LogP contribution in [0.3, 0.4) is 0 Å². The summed E-state index contributed by atoms with van der Waals surface area (Å²) in [4.78, 5) is 37.4. The number of aryl methyl sites for hydroxylation is 1. The van der Waals surface area contributed by atoms with Gasteiger partial charge in [-0.2, -0.15) is 0 Å². The first kappa shape index (κ1) is 23.0. The van der Waals surface area contributed by atoms with Gasteiger partial charge < -0.3 is 19.1 Å². The van der Waals surface area contributed by atoms with Crippen LogP contribution in [0.4, 0.5) is 0 Å². The maximum absolute atomic E-state index is 12.2. The molecule has 1 fully saturated rings. The highest BCUT2D eigenvalue weighted by molar-refractivity contribution is 6.30. The minimum Gasteiger partial charge on any atom is -0.493 e. The number of hydrogen-bond acceptors (Lipinski definition) is 6. The highest BCUT2D eigenvalue weighted by Gasteiger charge is 2.28. The molecule has 0 aliphatic carbocycles. The third-order valence-electron chi connectivity index (χ3n) is 4.74. The smallest absolute Gasteiger partial charge is 0.309 e. The molecule has 0 saturated carbocycles. The molecule has 0 unspecified atom stereocenters. The van der Waals surface area contributed by atoms with Crippen molar-refractivity contribution < 1.29 is 28.6 Å². The number of carbonyl (C=O) groups excluding carboxylic acids is 3. The van der Waals surface area contributed by atoms with Gasteiger partial charge in [0.05, 0.1) is 19.1 Å². The zero-order valence-electron chi connectivity index (χ0n) is 16.9. The molecular weight excluding hydrogens is 398 g/mol. The fraction of sp³-hybridized carbons (Fsp3) is 0.571. The van der Waals surface area contributed by atoms with E-state index in [9.17, 15) is 14.4 Å². The molecule has 1 aliphatic rings. The monoisotopic (exact) mass is 425 g/mol. The highest BCUT2D eigenvalue weighted by Crippen LogP contribution is 2.22. The van der Waals surface area contributed by atoms with Gasteiger partial charge in [-0.05, 0) is 56.9 Å². The van der Waals surface area contributed by atoms with Crippen molar-refractivity contribution in [1.29, 1.82) is 0 Å². The van der Waals surface area contributed by atoms with E-state index >= 15 is 0 Å². The number of likely N-dealkylation sites (tertiary alicyclic amines) is 1. The molecule has 160 valence electrons. The Bertz CT molecular complexity index is 715. The average Bonchev–Trinajstić information content (AvgIpc) is 2.71. The normalized spacial score (nSPS) is 14.4. The van der Waals surface area contributed by atoms with E-state index in [2.05, 4.69) is 0 Å². The molecule has 1 aromatic rings. The van der Waals surface area contributed by atoms with Crippen LogP contribution in [0.15, 0.2) is 18.2 Å². The van der Waals surface area contributed by atoms with E-state index in [-0.39, 0.29) is 30.8 Å². The Labute approximate surface area is 176 Å². The summed E-state index contributed by atoms with van der Waals surface area (Å²) in [5, 5.41) is 0.646. The number of piperidine rings is 1. The van der Waals surface area contributed by atoms with E-state index in [1.54, 1.807) is 24.0 Å². The molecule has 0 bridgehead atoms. The Kier molecular flexibility index (Phi) is 9.25. The van der Waals surface area contributed by atoms with Gasteiger partial charge in [0.2, 0.25) is 0 Å². The molecule has 1 aromatic carbocycles. The largest absolute Gasteiger partial charge is 0.493 e. The zero-order chi connectivity index (χ0) is 21.2. The van der Waals surface area contributed by atoms with Crippen LogP contribution < -0.4 is 4.74 Å². The number of halogens is 1. The summed E-state index contributed by atoms with van der Waals surface area (Å²) in [6, 6.07) is 5.35. The van der Waals surface area contributed by atoms with Crippen molar-refractivity contribution >= 4 is 29.4 Å². The molecule has 0 atom stereocenters. The van der Waals surface area contributed by atoms with Gasteiger partial charge in [-0.15, -0.1) is 0 Å². The fourth-order valence-electron chi connectivity index (χ4n) is 3.10. The van der Waals surface area contributed by atoms with E-state index in [1.807, 2.05) is 13.0 Å². The summed E-state index contributed by atoms with van der Waals surface area (Å²) in [6.45, 7) is 5.06. The molecule has 0 spiro atoms. The van der Waals surface area contributed by atoms with Crippen LogP contribution >= 0.6 is 11.6 Å². The maximum Gasteiger partial charge on any atom is 0.309 e. The number of rotatable bonds is 9. The van der Waals surface area contributed by atoms with Gasteiger partial charge in [-0.25, -0.2) is 0 Å². The third kappa shape index (κ3) is 7.57. The standard InChI is InChI=1S/C21H28ClNO6/c1-3-27-21(26)16-8-10-23(11-9-16)19(24)14-29-20(25)5-4-12-28-18-7-6-17(22)13-15(18)2/h6-7,13,16H,3-5,8-12,14H2,1-2H3. The third-order valence-corrected chi connectivity index (χ3v) is 4.98. The van der Waals surface area contributed by atoms with E-state index in [1.165, 1.54) is 0 Å². The molecule has 1 heterocycles. The second-order valence-electron chi connectivity index (χ2n) is 6.93. The summed E-state index contributed by atoms with van der Waals surface area (Å²) in [5.41, 5.74) is 0.928. The molecule has 0 radical (unpaired) electrons. The fourth-order valence-corrected chi connectivity index (χ4v) is 3.33. The van der Waals surface area contributed by atoms with Crippen LogP contribution in [0.1, 0.15) is 38.2 Å². The van der Waals surface area contributed by atoms with E-state index in [0.29, 0.717) is 50.6 Å². The molecular formula is C21H28ClNO6. The minimum atomic E-state index is -0.434. The molecule has 0 N–H and O–H groups in total. The van der Waals surface area contributed by atoms with Crippen molar-refractivity contribution in [2.75, 3.05) is 32.9 Å². The van der Waals surface area contributed by atoms with Crippen LogP contribution in [0, 0.1) is 12.8 Å². The molecule has 1 aliphatic heterocycles. The minimum absolute atomic E-state index is 0.161. The topological polar surface area (TPSA) is 82.1 Å². The SMILES string of the molecule is CCOC(=O)C1CCN(C(=O)COC(=O)CCCOc2ccc(Cl)cc2C)CC1. The second-order valence-corrected chi connectivity index (χ2v) is 7.37. The number of hydrogen-bond donors (Lipinski definition) is 0. The number of benzene rings is 1. The summed E-state index contributed by atoms with van der Waals surface area (Å²) in [7, 11) is 0. The summed E-state index contributed by atoms with van der Waals surface area (Å²) < 4.78 is 15.7. The number of esters is 2. The quantitative estimate of drug-likeness (QED) is 0.446. The Hall–Kier alpha value is -2.28. The van der Waals surface area contributed by atoms with Gasteiger partial charge in [0, 0.05) is 24.5 Å². The van der Waals surface area contributed by atoms with Gasteiger partial charge in [-0.1, -0.05) is 11.6 Å². The molecule has 1 amide bonds. The summed E-state index contributed by atoms with van der Waals surface area (Å²) in [5.74, 6) is -0.318. The van der Waals surface area contributed by atoms with Gasteiger partial charge >= 0.3 is 11.9 Å². The van der Waals surface area contributed by atoms with Crippen LogP contribution in [0.2, 0.25) is 5.02 Å². The Morgan fingerprint density at radius 2 is 1.90 bits per heavy atom.